The summed E-state index contributed by atoms with van der Waals surface area (Å²) >= 11 is 0. The standard InChI is InChI=1S/C11H20O2Si/c1-4-14(5-2,6-3)11-7-10(8-12)9-13-11/h7,9,12H,4-6,8H2,1-3H3. The van der Waals surface area contributed by atoms with Gasteiger partial charge in [0, 0.05) is 5.56 Å². The lowest BCUT2D eigenvalue weighted by Crippen LogP contribution is -2.44. The monoisotopic (exact) mass is 212 g/mol. The molecule has 1 rings (SSSR count). The van der Waals surface area contributed by atoms with Crippen molar-refractivity contribution in [3.8, 4) is 0 Å². The van der Waals surface area contributed by atoms with E-state index in [-0.39, 0.29) is 6.61 Å². The Morgan fingerprint density at radius 3 is 2.14 bits per heavy atom. The van der Waals surface area contributed by atoms with E-state index in [0.29, 0.717) is 0 Å². The van der Waals surface area contributed by atoms with Crippen LogP contribution in [0.2, 0.25) is 18.1 Å². The number of rotatable bonds is 5. The smallest absolute Gasteiger partial charge is 0.131 e. The molecule has 0 aliphatic heterocycles. The minimum absolute atomic E-state index is 0.0884. The first-order valence-corrected chi connectivity index (χ1v) is 8.03. The Kier molecular flexibility index (Phi) is 3.95. The van der Waals surface area contributed by atoms with E-state index in [0.717, 1.165) is 10.9 Å². The Morgan fingerprint density at radius 1 is 1.21 bits per heavy atom. The summed E-state index contributed by atoms with van der Waals surface area (Å²) in [6.45, 7) is 6.84. The fourth-order valence-electron chi connectivity index (χ4n) is 2.01. The van der Waals surface area contributed by atoms with E-state index in [9.17, 15) is 0 Å². The van der Waals surface area contributed by atoms with E-state index in [1.54, 1.807) is 6.26 Å². The molecule has 0 amide bonds. The minimum Gasteiger partial charge on any atom is -0.474 e. The molecule has 0 spiro atoms. The van der Waals surface area contributed by atoms with Crippen molar-refractivity contribution in [1.82, 2.24) is 0 Å². The second kappa shape index (κ2) is 4.80. The molecule has 0 radical (unpaired) electrons. The van der Waals surface area contributed by atoms with Crippen LogP contribution < -0.4 is 5.38 Å². The number of aliphatic hydroxyl groups is 1. The summed E-state index contributed by atoms with van der Waals surface area (Å²) in [5.74, 6) is 0. The highest BCUT2D eigenvalue weighted by atomic mass is 28.3. The van der Waals surface area contributed by atoms with Crippen molar-refractivity contribution >= 4 is 13.5 Å². The van der Waals surface area contributed by atoms with E-state index in [1.165, 1.54) is 18.1 Å². The molecule has 1 heterocycles. The van der Waals surface area contributed by atoms with Gasteiger partial charge >= 0.3 is 0 Å². The number of aliphatic hydroxyl groups excluding tert-OH is 1. The number of hydrogen-bond donors (Lipinski definition) is 1. The van der Waals surface area contributed by atoms with Crippen molar-refractivity contribution < 1.29 is 9.52 Å². The van der Waals surface area contributed by atoms with Crippen molar-refractivity contribution in [2.45, 2.75) is 45.5 Å². The van der Waals surface area contributed by atoms with Crippen LogP contribution in [0, 0.1) is 0 Å². The van der Waals surface area contributed by atoms with Crippen LogP contribution in [0.1, 0.15) is 26.3 Å². The molecule has 0 unspecified atom stereocenters. The summed E-state index contributed by atoms with van der Waals surface area (Å²) < 4.78 is 5.60. The maximum Gasteiger partial charge on any atom is 0.131 e. The van der Waals surface area contributed by atoms with Gasteiger partial charge in [-0.1, -0.05) is 38.9 Å². The molecular formula is C11H20O2Si. The molecule has 1 aromatic heterocycles. The first kappa shape index (κ1) is 11.5. The van der Waals surface area contributed by atoms with Crippen molar-refractivity contribution in [3.05, 3.63) is 17.9 Å². The van der Waals surface area contributed by atoms with E-state index in [2.05, 4.69) is 20.8 Å². The normalized spacial score (nSPS) is 12.0. The summed E-state index contributed by atoms with van der Waals surface area (Å²) in [4.78, 5) is 0. The Bertz CT molecular complexity index is 268. The lowest BCUT2D eigenvalue weighted by Gasteiger charge is -2.24. The van der Waals surface area contributed by atoms with Crippen molar-refractivity contribution in [2.75, 3.05) is 0 Å². The summed E-state index contributed by atoms with van der Waals surface area (Å²) in [6.07, 6.45) is 1.69. The average molecular weight is 212 g/mol. The Morgan fingerprint density at radius 2 is 1.79 bits per heavy atom. The van der Waals surface area contributed by atoms with Gasteiger partial charge in [0.05, 0.1) is 18.3 Å². The van der Waals surface area contributed by atoms with Crippen LogP contribution in [0.25, 0.3) is 0 Å². The van der Waals surface area contributed by atoms with Gasteiger partial charge in [-0.2, -0.15) is 0 Å². The molecule has 0 aliphatic rings. The molecule has 1 N–H and O–H groups in total. The van der Waals surface area contributed by atoms with Gasteiger partial charge in [0.15, 0.2) is 0 Å². The topological polar surface area (TPSA) is 33.4 Å². The van der Waals surface area contributed by atoms with Crippen molar-refractivity contribution in [2.24, 2.45) is 0 Å². The summed E-state index contributed by atoms with van der Waals surface area (Å²) in [5.41, 5.74) is 0.909. The van der Waals surface area contributed by atoms with Crippen molar-refractivity contribution in [1.29, 1.82) is 0 Å². The van der Waals surface area contributed by atoms with Crippen LogP contribution in [0.15, 0.2) is 16.7 Å². The lowest BCUT2D eigenvalue weighted by molar-refractivity contribution is 0.280. The van der Waals surface area contributed by atoms with Gasteiger partial charge in [0.2, 0.25) is 0 Å². The zero-order chi connectivity index (χ0) is 10.6. The van der Waals surface area contributed by atoms with Crippen LogP contribution in [-0.4, -0.2) is 13.2 Å². The van der Waals surface area contributed by atoms with Crippen LogP contribution in [-0.2, 0) is 6.61 Å². The van der Waals surface area contributed by atoms with E-state index in [1.807, 2.05) is 6.07 Å². The zero-order valence-electron chi connectivity index (χ0n) is 9.34. The van der Waals surface area contributed by atoms with Crippen LogP contribution in [0.3, 0.4) is 0 Å². The van der Waals surface area contributed by atoms with Gasteiger partial charge in [-0.05, 0) is 6.07 Å². The molecular weight excluding hydrogens is 192 g/mol. The third-order valence-electron chi connectivity index (χ3n) is 3.39. The van der Waals surface area contributed by atoms with Crippen LogP contribution >= 0.6 is 0 Å². The Balaban J connectivity index is 2.98. The highest BCUT2D eigenvalue weighted by molar-refractivity contribution is 6.90. The fraction of sp³-hybridized carbons (Fsp3) is 0.636. The molecule has 14 heavy (non-hydrogen) atoms. The SMILES string of the molecule is CC[Si](CC)(CC)c1cc(CO)co1. The summed E-state index contributed by atoms with van der Waals surface area (Å²) in [5, 5.41) is 10.2. The van der Waals surface area contributed by atoms with E-state index >= 15 is 0 Å². The van der Waals surface area contributed by atoms with E-state index in [4.69, 9.17) is 9.52 Å². The average Bonchev–Trinajstić information content (AvgIpc) is 2.71. The molecule has 80 valence electrons. The number of furan rings is 1. The molecule has 2 nitrogen and oxygen atoms in total. The molecule has 1 aromatic rings. The largest absolute Gasteiger partial charge is 0.474 e. The molecule has 0 aromatic carbocycles. The van der Waals surface area contributed by atoms with Gasteiger partial charge in [0.25, 0.3) is 0 Å². The Labute approximate surface area is 87.0 Å². The molecule has 0 aliphatic carbocycles. The second-order valence-corrected chi connectivity index (χ2v) is 8.99. The predicted octanol–water partition coefficient (Wildman–Crippen LogP) is 2.49. The zero-order valence-corrected chi connectivity index (χ0v) is 10.3. The highest BCUT2D eigenvalue weighted by Crippen LogP contribution is 2.21. The molecule has 3 heteroatoms. The van der Waals surface area contributed by atoms with Gasteiger partial charge < -0.3 is 9.52 Å². The maximum atomic E-state index is 8.99. The molecule has 0 fully saturated rings. The predicted molar refractivity (Wildman–Crippen MR) is 61.5 cm³/mol. The summed E-state index contributed by atoms with van der Waals surface area (Å²) in [7, 11) is -1.37. The second-order valence-electron chi connectivity index (χ2n) is 3.82. The van der Waals surface area contributed by atoms with Crippen LogP contribution in [0.4, 0.5) is 0 Å². The third-order valence-corrected chi connectivity index (χ3v) is 8.76. The summed E-state index contributed by atoms with van der Waals surface area (Å²) in [6, 6.07) is 5.71. The van der Waals surface area contributed by atoms with Crippen LogP contribution in [0.5, 0.6) is 0 Å². The maximum absolute atomic E-state index is 8.99. The van der Waals surface area contributed by atoms with Gasteiger partial charge in [-0.15, -0.1) is 0 Å². The van der Waals surface area contributed by atoms with Gasteiger partial charge in [-0.25, -0.2) is 0 Å². The first-order chi connectivity index (χ1) is 6.72. The third kappa shape index (κ3) is 1.93. The molecule has 0 saturated carbocycles. The number of hydrogen-bond acceptors (Lipinski definition) is 2. The molecule has 0 bridgehead atoms. The quantitative estimate of drug-likeness (QED) is 0.761. The first-order valence-electron chi connectivity index (χ1n) is 5.41. The Hall–Kier alpha value is -0.543. The van der Waals surface area contributed by atoms with E-state index < -0.39 is 8.07 Å². The minimum atomic E-state index is -1.37. The molecule has 0 atom stereocenters. The van der Waals surface area contributed by atoms with Crippen molar-refractivity contribution in [3.63, 3.8) is 0 Å². The molecule has 0 saturated heterocycles. The van der Waals surface area contributed by atoms with Gasteiger partial charge in [0.1, 0.15) is 8.07 Å². The fourth-order valence-corrected chi connectivity index (χ4v) is 5.36. The van der Waals surface area contributed by atoms with Gasteiger partial charge in [-0.3, -0.25) is 0 Å². The highest BCUT2D eigenvalue weighted by Gasteiger charge is 2.32. The lowest BCUT2D eigenvalue weighted by atomic mass is 10.4.